The maximum atomic E-state index is 12.5. The molecular formula is C12H14F2N2O2. The van der Waals surface area contributed by atoms with Crippen molar-refractivity contribution in [2.45, 2.75) is 25.4 Å². The minimum Gasteiger partial charge on any atom is -0.391 e. The first-order valence-corrected chi connectivity index (χ1v) is 5.79. The Morgan fingerprint density at radius 3 is 3.00 bits per heavy atom. The predicted octanol–water partition coefficient (Wildman–Crippen LogP) is 1.62. The van der Waals surface area contributed by atoms with Crippen LogP contribution in [0.2, 0.25) is 0 Å². The third-order valence-electron chi connectivity index (χ3n) is 2.94. The summed E-state index contributed by atoms with van der Waals surface area (Å²) in [4.78, 5) is 17.1. The molecule has 0 spiro atoms. The Bertz CT molecular complexity index is 440. The molecule has 1 aliphatic rings. The summed E-state index contributed by atoms with van der Waals surface area (Å²) < 4.78 is 25.0. The zero-order valence-electron chi connectivity index (χ0n) is 9.72. The molecule has 1 amide bonds. The number of amides is 1. The summed E-state index contributed by atoms with van der Waals surface area (Å²) in [5.41, 5.74) is -0.215. The molecule has 0 aromatic carbocycles. The average Bonchev–Trinajstić information content (AvgIpc) is 2.38. The Hall–Kier alpha value is -1.56. The Morgan fingerprint density at radius 2 is 2.33 bits per heavy atom. The minimum atomic E-state index is -2.69. The van der Waals surface area contributed by atoms with Gasteiger partial charge in [0.15, 0.2) is 0 Å². The molecule has 4 nitrogen and oxygen atoms in total. The van der Waals surface area contributed by atoms with Crippen molar-refractivity contribution in [1.82, 2.24) is 9.88 Å². The fourth-order valence-electron chi connectivity index (χ4n) is 2.02. The second-order valence-electron chi connectivity index (χ2n) is 4.32. The first-order chi connectivity index (χ1) is 8.58. The largest absolute Gasteiger partial charge is 0.391 e. The molecule has 0 aliphatic carbocycles. The quantitative estimate of drug-likeness (QED) is 0.874. The second-order valence-corrected chi connectivity index (χ2v) is 4.32. The van der Waals surface area contributed by atoms with Crippen LogP contribution in [0.1, 0.15) is 35.3 Å². The third kappa shape index (κ3) is 2.81. The van der Waals surface area contributed by atoms with E-state index in [1.54, 1.807) is 0 Å². The van der Waals surface area contributed by atoms with Crippen LogP contribution in [0, 0.1) is 0 Å². The number of halogens is 2. The van der Waals surface area contributed by atoms with E-state index in [2.05, 4.69) is 4.98 Å². The first-order valence-electron chi connectivity index (χ1n) is 5.79. The third-order valence-corrected chi connectivity index (χ3v) is 2.94. The van der Waals surface area contributed by atoms with Crippen LogP contribution < -0.4 is 0 Å². The van der Waals surface area contributed by atoms with Gasteiger partial charge in [-0.15, -0.1) is 0 Å². The molecule has 2 heterocycles. The Morgan fingerprint density at radius 1 is 1.56 bits per heavy atom. The number of likely N-dealkylation sites (tertiary alicyclic amines) is 1. The van der Waals surface area contributed by atoms with Crippen molar-refractivity contribution in [3.63, 3.8) is 0 Å². The zero-order valence-corrected chi connectivity index (χ0v) is 9.72. The van der Waals surface area contributed by atoms with Gasteiger partial charge in [0.1, 0.15) is 5.69 Å². The molecular weight excluding hydrogens is 242 g/mol. The number of piperidine rings is 1. The Labute approximate surface area is 103 Å². The predicted molar refractivity (Wildman–Crippen MR) is 60.3 cm³/mol. The fraction of sp³-hybridized carbons (Fsp3) is 0.500. The number of hydrogen-bond acceptors (Lipinski definition) is 3. The molecule has 1 aliphatic heterocycles. The van der Waals surface area contributed by atoms with E-state index in [4.69, 9.17) is 0 Å². The summed E-state index contributed by atoms with van der Waals surface area (Å²) in [5.74, 6) is -0.335. The minimum absolute atomic E-state index is 0.189. The number of pyridine rings is 1. The molecule has 1 fully saturated rings. The molecule has 1 saturated heterocycles. The fourth-order valence-corrected chi connectivity index (χ4v) is 2.02. The highest BCUT2D eigenvalue weighted by Crippen LogP contribution is 2.19. The molecule has 1 N–H and O–H groups in total. The number of aromatic nitrogens is 1. The highest BCUT2D eigenvalue weighted by Gasteiger charge is 2.23. The smallest absolute Gasteiger partial charge is 0.280 e. The van der Waals surface area contributed by atoms with Gasteiger partial charge in [-0.1, -0.05) is 0 Å². The number of hydrogen-bond donors (Lipinski definition) is 1. The summed E-state index contributed by atoms with van der Waals surface area (Å²) in [6.07, 6.45) is -0.624. The maximum absolute atomic E-state index is 12.5. The van der Waals surface area contributed by atoms with E-state index in [1.807, 2.05) is 0 Å². The van der Waals surface area contributed by atoms with Crippen LogP contribution in [0.25, 0.3) is 0 Å². The van der Waals surface area contributed by atoms with Gasteiger partial charge >= 0.3 is 0 Å². The standard InChI is InChI=1S/C12H14F2N2O2/c13-11(14)10-6-8(3-4-15-10)12(18)16-5-1-2-9(17)7-16/h3-4,6,9,11,17H,1-2,5,7H2. The van der Waals surface area contributed by atoms with Crippen molar-refractivity contribution < 1.29 is 18.7 Å². The van der Waals surface area contributed by atoms with E-state index >= 15 is 0 Å². The van der Waals surface area contributed by atoms with Gasteiger partial charge in [0.25, 0.3) is 12.3 Å². The van der Waals surface area contributed by atoms with Gasteiger partial charge in [-0.3, -0.25) is 9.78 Å². The highest BCUT2D eigenvalue weighted by molar-refractivity contribution is 5.94. The molecule has 1 aromatic heterocycles. The summed E-state index contributed by atoms with van der Waals surface area (Å²) in [6.45, 7) is 0.799. The summed E-state index contributed by atoms with van der Waals surface area (Å²) in [5, 5.41) is 9.49. The molecule has 0 radical (unpaired) electrons. The zero-order chi connectivity index (χ0) is 13.1. The van der Waals surface area contributed by atoms with Crippen molar-refractivity contribution in [2.24, 2.45) is 0 Å². The molecule has 1 atom stereocenters. The molecule has 2 rings (SSSR count). The van der Waals surface area contributed by atoms with Crippen molar-refractivity contribution >= 4 is 5.91 Å². The number of aliphatic hydroxyl groups excluding tert-OH is 1. The van der Waals surface area contributed by atoms with Crippen LogP contribution >= 0.6 is 0 Å². The van der Waals surface area contributed by atoms with E-state index in [9.17, 15) is 18.7 Å². The summed E-state index contributed by atoms with van der Waals surface area (Å²) in [6, 6.07) is 2.52. The van der Waals surface area contributed by atoms with Crippen LogP contribution in [0.15, 0.2) is 18.3 Å². The SMILES string of the molecule is O=C(c1ccnc(C(F)F)c1)N1CCCC(O)C1. The lowest BCUT2D eigenvalue weighted by Crippen LogP contribution is -2.42. The average molecular weight is 256 g/mol. The Balaban J connectivity index is 2.15. The van der Waals surface area contributed by atoms with Crippen molar-refractivity contribution in [3.8, 4) is 0 Å². The highest BCUT2D eigenvalue weighted by atomic mass is 19.3. The maximum Gasteiger partial charge on any atom is 0.280 e. The van der Waals surface area contributed by atoms with Crippen molar-refractivity contribution in [3.05, 3.63) is 29.6 Å². The monoisotopic (exact) mass is 256 g/mol. The number of β-amino-alcohol motifs (C(OH)–C–C–N with tert-alkyl or cyclic N) is 1. The van der Waals surface area contributed by atoms with Gasteiger partial charge in [-0.2, -0.15) is 0 Å². The summed E-state index contributed by atoms with van der Waals surface area (Å²) in [7, 11) is 0. The summed E-state index contributed by atoms with van der Waals surface area (Å²) >= 11 is 0. The van der Waals surface area contributed by atoms with E-state index in [-0.39, 0.29) is 18.0 Å². The molecule has 98 valence electrons. The lowest BCUT2D eigenvalue weighted by Gasteiger charge is -2.30. The van der Waals surface area contributed by atoms with E-state index in [1.165, 1.54) is 17.2 Å². The number of carbonyl (C=O) groups is 1. The van der Waals surface area contributed by atoms with Gasteiger partial charge in [0, 0.05) is 24.8 Å². The van der Waals surface area contributed by atoms with E-state index < -0.39 is 18.2 Å². The molecule has 0 bridgehead atoms. The molecule has 6 heteroatoms. The second kappa shape index (κ2) is 5.39. The van der Waals surface area contributed by atoms with Gasteiger partial charge in [-0.05, 0) is 25.0 Å². The van der Waals surface area contributed by atoms with Crippen LogP contribution in [-0.2, 0) is 0 Å². The molecule has 18 heavy (non-hydrogen) atoms. The Kier molecular flexibility index (Phi) is 3.86. The van der Waals surface area contributed by atoms with Gasteiger partial charge in [0.2, 0.25) is 0 Å². The van der Waals surface area contributed by atoms with Gasteiger partial charge < -0.3 is 10.0 Å². The van der Waals surface area contributed by atoms with E-state index in [0.717, 1.165) is 12.5 Å². The topological polar surface area (TPSA) is 53.4 Å². The van der Waals surface area contributed by atoms with Gasteiger partial charge in [0.05, 0.1) is 6.10 Å². The molecule has 1 aromatic rings. The molecule has 1 unspecified atom stereocenters. The normalized spacial score (nSPS) is 20.2. The molecule has 0 saturated carbocycles. The number of rotatable bonds is 2. The number of carbonyl (C=O) groups excluding carboxylic acids is 1. The number of alkyl halides is 2. The van der Waals surface area contributed by atoms with Crippen LogP contribution in [-0.4, -0.2) is 40.1 Å². The first kappa shape index (κ1) is 12.9. The number of aliphatic hydroxyl groups is 1. The van der Waals surface area contributed by atoms with Crippen LogP contribution in [0.4, 0.5) is 8.78 Å². The van der Waals surface area contributed by atoms with Crippen LogP contribution in [0.3, 0.4) is 0 Å². The van der Waals surface area contributed by atoms with Crippen molar-refractivity contribution in [2.75, 3.05) is 13.1 Å². The number of nitrogens with zero attached hydrogens (tertiary/aromatic N) is 2. The van der Waals surface area contributed by atoms with Gasteiger partial charge in [-0.25, -0.2) is 8.78 Å². The lowest BCUT2D eigenvalue weighted by molar-refractivity contribution is 0.0473. The van der Waals surface area contributed by atoms with Crippen molar-refractivity contribution in [1.29, 1.82) is 0 Å². The van der Waals surface area contributed by atoms with E-state index in [0.29, 0.717) is 13.0 Å². The lowest BCUT2D eigenvalue weighted by atomic mass is 10.1. The van der Waals surface area contributed by atoms with Crippen LogP contribution in [0.5, 0.6) is 0 Å².